The fourth-order valence-electron chi connectivity index (χ4n) is 2.19. The van der Waals surface area contributed by atoms with Gasteiger partial charge < -0.3 is 4.74 Å². The maximum Gasteiger partial charge on any atom is 0.225 e. The molecule has 0 amide bonds. The number of aryl methyl sites for hydroxylation is 1. The summed E-state index contributed by atoms with van der Waals surface area (Å²) in [6, 6.07) is 7.77. The summed E-state index contributed by atoms with van der Waals surface area (Å²) in [5, 5.41) is 15.6. The Bertz CT molecular complexity index is 913. The Labute approximate surface area is 118 Å². The molecule has 0 aliphatic rings. The smallest absolute Gasteiger partial charge is 0.225 e. The first kappa shape index (κ1) is 11.8. The largest absolute Gasteiger partial charge is 0.469 e. The van der Waals surface area contributed by atoms with Crippen molar-refractivity contribution < 1.29 is 4.74 Å². The summed E-state index contributed by atoms with van der Waals surface area (Å²) in [5.41, 5.74) is 2.34. The maximum atomic E-state index is 5.78. The van der Waals surface area contributed by atoms with E-state index in [0.29, 0.717) is 17.4 Å². The second kappa shape index (κ2) is 4.51. The second-order valence-corrected chi connectivity index (χ2v) is 4.57. The van der Waals surface area contributed by atoms with Crippen molar-refractivity contribution in [1.82, 2.24) is 35.0 Å². The zero-order valence-corrected chi connectivity index (χ0v) is 11.2. The number of nitrogens with zero attached hydrogens (tertiary/aromatic N) is 6. The van der Waals surface area contributed by atoms with E-state index in [1.165, 1.54) is 6.33 Å². The average Bonchev–Trinajstić information content (AvgIpc) is 3.15. The van der Waals surface area contributed by atoms with Crippen LogP contribution in [0, 0.1) is 6.92 Å². The highest BCUT2D eigenvalue weighted by Gasteiger charge is 2.13. The molecule has 4 rings (SSSR count). The molecule has 0 spiro atoms. The fraction of sp³-hybridized carbons (Fsp3) is 0.154. The van der Waals surface area contributed by atoms with Gasteiger partial charge in [-0.25, -0.2) is 4.98 Å². The highest BCUT2D eigenvalue weighted by atomic mass is 16.5. The highest BCUT2D eigenvalue weighted by Crippen LogP contribution is 2.25. The minimum Gasteiger partial charge on any atom is -0.469 e. The number of rotatable bonds is 3. The fourth-order valence-corrected chi connectivity index (χ4v) is 2.19. The van der Waals surface area contributed by atoms with Crippen LogP contribution in [0.15, 0.2) is 30.6 Å². The van der Waals surface area contributed by atoms with Crippen LogP contribution < -0.4 is 4.74 Å². The molecule has 0 aliphatic heterocycles. The Morgan fingerprint density at radius 3 is 3.05 bits per heavy atom. The third-order valence-electron chi connectivity index (χ3n) is 3.19. The van der Waals surface area contributed by atoms with E-state index >= 15 is 0 Å². The number of hydrogen-bond acceptors (Lipinski definition) is 6. The van der Waals surface area contributed by atoms with Gasteiger partial charge >= 0.3 is 0 Å². The molecule has 1 N–H and O–H groups in total. The van der Waals surface area contributed by atoms with E-state index in [-0.39, 0.29) is 6.61 Å². The Hall–Kier alpha value is -3.03. The van der Waals surface area contributed by atoms with Gasteiger partial charge in [-0.05, 0) is 19.1 Å². The first-order chi connectivity index (χ1) is 10.3. The maximum absolute atomic E-state index is 5.78. The van der Waals surface area contributed by atoms with Gasteiger partial charge in [-0.3, -0.25) is 5.10 Å². The molecular weight excluding hydrogens is 270 g/mol. The van der Waals surface area contributed by atoms with Gasteiger partial charge in [0.2, 0.25) is 5.88 Å². The molecule has 4 aromatic rings. The summed E-state index contributed by atoms with van der Waals surface area (Å²) < 4.78 is 7.50. The Morgan fingerprint density at radius 1 is 1.29 bits per heavy atom. The minimum absolute atomic E-state index is 0.272. The predicted octanol–water partition coefficient (Wildman–Crippen LogP) is 1.28. The van der Waals surface area contributed by atoms with Crippen molar-refractivity contribution in [3.05, 3.63) is 42.1 Å². The van der Waals surface area contributed by atoms with Gasteiger partial charge in [0.1, 0.15) is 18.6 Å². The van der Waals surface area contributed by atoms with Crippen LogP contribution in [-0.4, -0.2) is 35.0 Å². The van der Waals surface area contributed by atoms with Crippen LogP contribution in [0.25, 0.3) is 16.6 Å². The van der Waals surface area contributed by atoms with Gasteiger partial charge in [-0.15, -0.1) is 5.10 Å². The van der Waals surface area contributed by atoms with Crippen LogP contribution in [0.1, 0.15) is 11.5 Å². The number of aromatic amines is 1. The van der Waals surface area contributed by atoms with Crippen molar-refractivity contribution in [3.8, 4) is 5.88 Å². The van der Waals surface area contributed by atoms with E-state index in [1.807, 2.05) is 31.2 Å². The first-order valence-corrected chi connectivity index (χ1v) is 6.41. The van der Waals surface area contributed by atoms with Gasteiger partial charge in [0.05, 0.1) is 10.9 Å². The molecular formula is C13H11N7O. The normalized spacial score (nSPS) is 11.3. The zero-order chi connectivity index (χ0) is 14.2. The van der Waals surface area contributed by atoms with Crippen molar-refractivity contribution in [2.75, 3.05) is 0 Å². The van der Waals surface area contributed by atoms with Crippen LogP contribution in [0.4, 0.5) is 0 Å². The molecule has 3 aromatic heterocycles. The number of H-pyrrole nitrogens is 1. The molecule has 0 bridgehead atoms. The van der Waals surface area contributed by atoms with Gasteiger partial charge in [0.15, 0.2) is 11.5 Å². The van der Waals surface area contributed by atoms with Gasteiger partial charge in [-0.1, -0.05) is 17.3 Å². The molecule has 104 valence electrons. The molecule has 0 saturated carbocycles. The van der Waals surface area contributed by atoms with Gasteiger partial charge in [-0.2, -0.15) is 14.6 Å². The highest BCUT2D eigenvalue weighted by molar-refractivity contribution is 5.86. The molecule has 0 unspecified atom stereocenters. The molecule has 0 fully saturated rings. The van der Waals surface area contributed by atoms with E-state index in [0.717, 1.165) is 16.6 Å². The van der Waals surface area contributed by atoms with Crippen molar-refractivity contribution in [2.45, 2.75) is 13.5 Å². The van der Waals surface area contributed by atoms with E-state index in [2.05, 4.69) is 30.5 Å². The Balaban J connectivity index is 1.86. The molecule has 0 radical (unpaired) electrons. The van der Waals surface area contributed by atoms with Gasteiger partial charge in [0, 0.05) is 0 Å². The number of benzene rings is 1. The van der Waals surface area contributed by atoms with Crippen LogP contribution in [0.3, 0.4) is 0 Å². The van der Waals surface area contributed by atoms with E-state index in [9.17, 15) is 0 Å². The summed E-state index contributed by atoms with van der Waals surface area (Å²) in [6.45, 7) is 2.14. The SMILES string of the molecule is Cc1nnn2c1nc(OCc1ncn[nH]1)c1ccccc12. The molecule has 3 heterocycles. The van der Waals surface area contributed by atoms with Crippen molar-refractivity contribution in [1.29, 1.82) is 0 Å². The standard InChI is InChI=1S/C13H11N7O/c1-8-12-16-13(21-6-11-14-7-15-18-11)9-4-2-3-5-10(9)20(12)19-17-8/h2-5,7H,6H2,1H3,(H,14,15,18). The number of fused-ring (bicyclic) bond motifs is 3. The summed E-state index contributed by atoms with van der Waals surface area (Å²) in [7, 11) is 0. The molecule has 21 heavy (non-hydrogen) atoms. The summed E-state index contributed by atoms with van der Waals surface area (Å²) >= 11 is 0. The van der Waals surface area contributed by atoms with Crippen LogP contribution >= 0.6 is 0 Å². The van der Waals surface area contributed by atoms with Crippen molar-refractivity contribution in [3.63, 3.8) is 0 Å². The molecule has 8 heteroatoms. The molecule has 0 atom stereocenters. The second-order valence-electron chi connectivity index (χ2n) is 4.57. The summed E-state index contributed by atoms with van der Waals surface area (Å²) in [6.07, 6.45) is 1.44. The van der Waals surface area contributed by atoms with Crippen molar-refractivity contribution in [2.24, 2.45) is 0 Å². The third-order valence-corrected chi connectivity index (χ3v) is 3.19. The van der Waals surface area contributed by atoms with Crippen molar-refractivity contribution >= 4 is 16.6 Å². The number of ether oxygens (including phenoxy) is 1. The van der Waals surface area contributed by atoms with Crippen LogP contribution in [0.2, 0.25) is 0 Å². The lowest BCUT2D eigenvalue weighted by atomic mass is 10.2. The third kappa shape index (κ3) is 1.88. The molecule has 1 aromatic carbocycles. The molecule has 0 saturated heterocycles. The lowest BCUT2D eigenvalue weighted by Gasteiger charge is -2.08. The van der Waals surface area contributed by atoms with E-state index < -0.39 is 0 Å². The van der Waals surface area contributed by atoms with E-state index in [4.69, 9.17) is 4.74 Å². The Kier molecular flexibility index (Phi) is 2.53. The monoisotopic (exact) mass is 281 g/mol. The summed E-state index contributed by atoms with van der Waals surface area (Å²) in [4.78, 5) is 8.55. The topological polar surface area (TPSA) is 93.9 Å². The van der Waals surface area contributed by atoms with Crippen LogP contribution in [-0.2, 0) is 6.61 Å². The molecule has 8 nitrogen and oxygen atoms in total. The first-order valence-electron chi connectivity index (χ1n) is 6.41. The quantitative estimate of drug-likeness (QED) is 0.608. The number of para-hydroxylation sites is 1. The molecule has 0 aliphatic carbocycles. The average molecular weight is 281 g/mol. The lowest BCUT2D eigenvalue weighted by Crippen LogP contribution is -2.03. The van der Waals surface area contributed by atoms with Gasteiger partial charge in [0.25, 0.3) is 0 Å². The van der Waals surface area contributed by atoms with Crippen LogP contribution in [0.5, 0.6) is 5.88 Å². The zero-order valence-electron chi connectivity index (χ0n) is 11.2. The van der Waals surface area contributed by atoms with E-state index in [1.54, 1.807) is 4.52 Å². The Morgan fingerprint density at radius 2 is 2.19 bits per heavy atom. The lowest BCUT2D eigenvalue weighted by molar-refractivity contribution is 0.289. The number of nitrogens with one attached hydrogen (secondary N) is 1. The predicted molar refractivity (Wildman–Crippen MR) is 73.7 cm³/mol. The summed E-state index contributed by atoms with van der Waals surface area (Å²) in [5.74, 6) is 1.17. The number of hydrogen-bond donors (Lipinski definition) is 1. The minimum atomic E-state index is 0.272. The number of aromatic nitrogens is 7.